The first-order chi connectivity index (χ1) is 9.72. The van der Waals surface area contributed by atoms with Crippen LogP contribution in [0.3, 0.4) is 0 Å². The molecule has 1 aliphatic carbocycles. The van der Waals surface area contributed by atoms with Gasteiger partial charge in [-0.1, -0.05) is 25.8 Å². The SMILES string of the molecule is CC1CCC(CNC(=O)c2ccc3c(c2)NCC3)CC1. The number of anilines is 1. The van der Waals surface area contributed by atoms with E-state index in [4.69, 9.17) is 0 Å². The summed E-state index contributed by atoms with van der Waals surface area (Å²) >= 11 is 0. The number of amides is 1. The lowest BCUT2D eigenvalue weighted by Crippen LogP contribution is -2.31. The number of carbonyl (C=O) groups is 1. The van der Waals surface area contributed by atoms with Crippen LogP contribution in [0.5, 0.6) is 0 Å². The average molecular weight is 272 g/mol. The summed E-state index contributed by atoms with van der Waals surface area (Å²) in [6, 6.07) is 6.01. The second kappa shape index (κ2) is 5.86. The zero-order valence-electron chi connectivity index (χ0n) is 12.2. The number of fused-ring (bicyclic) bond motifs is 1. The molecule has 20 heavy (non-hydrogen) atoms. The standard InChI is InChI=1S/C17H24N2O/c1-12-2-4-13(5-3-12)11-19-17(20)15-7-6-14-8-9-18-16(14)10-15/h6-7,10,12-13,18H,2-5,8-9,11H2,1H3,(H,19,20). The zero-order chi connectivity index (χ0) is 13.9. The van der Waals surface area contributed by atoms with Gasteiger partial charge in [-0.2, -0.15) is 0 Å². The predicted octanol–water partition coefficient (Wildman–Crippen LogP) is 3.21. The van der Waals surface area contributed by atoms with Gasteiger partial charge in [0.05, 0.1) is 0 Å². The highest BCUT2D eigenvalue weighted by atomic mass is 16.1. The summed E-state index contributed by atoms with van der Waals surface area (Å²) in [6.07, 6.45) is 6.20. The van der Waals surface area contributed by atoms with Crippen molar-refractivity contribution in [3.05, 3.63) is 29.3 Å². The third kappa shape index (κ3) is 2.97. The predicted molar refractivity (Wildman–Crippen MR) is 82.1 cm³/mol. The number of hydrogen-bond donors (Lipinski definition) is 2. The molecule has 1 aliphatic heterocycles. The molecule has 0 unspecified atom stereocenters. The van der Waals surface area contributed by atoms with Crippen molar-refractivity contribution in [3.63, 3.8) is 0 Å². The molecule has 0 spiro atoms. The van der Waals surface area contributed by atoms with Gasteiger partial charge in [-0.25, -0.2) is 0 Å². The second-order valence-electron chi connectivity index (χ2n) is 6.38. The number of nitrogens with one attached hydrogen (secondary N) is 2. The highest BCUT2D eigenvalue weighted by Crippen LogP contribution is 2.28. The van der Waals surface area contributed by atoms with Gasteiger partial charge in [0, 0.05) is 24.3 Å². The minimum atomic E-state index is 0.0696. The van der Waals surface area contributed by atoms with E-state index >= 15 is 0 Å². The molecule has 1 saturated carbocycles. The molecule has 2 aliphatic rings. The molecular formula is C17H24N2O. The van der Waals surface area contributed by atoms with Crippen molar-refractivity contribution in [1.82, 2.24) is 5.32 Å². The van der Waals surface area contributed by atoms with Crippen LogP contribution in [0.25, 0.3) is 0 Å². The van der Waals surface area contributed by atoms with E-state index in [1.54, 1.807) is 0 Å². The first-order valence-corrected chi connectivity index (χ1v) is 7.87. The maximum atomic E-state index is 12.2. The summed E-state index contributed by atoms with van der Waals surface area (Å²) in [6.45, 7) is 4.14. The van der Waals surface area contributed by atoms with Crippen molar-refractivity contribution in [1.29, 1.82) is 0 Å². The fourth-order valence-corrected chi connectivity index (χ4v) is 3.30. The summed E-state index contributed by atoms with van der Waals surface area (Å²) in [5.74, 6) is 1.60. The van der Waals surface area contributed by atoms with Crippen LogP contribution in [-0.4, -0.2) is 19.0 Å². The Morgan fingerprint density at radius 2 is 2.10 bits per heavy atom. The topological polar surface area (TPSA) is 41.1 Å². The molecule has 1 aromatic carbocycles. The van der Waals surface area contributed by atoms with Gasteiger partial charge in [-0.05, 0) is 48.8 Å². The van der Waals surface area contributed by atoms with Gasteiger partial charge in [0.25, 0.3) is 5.91 Å². The van der Waals surface area contributed by atoms with Crippen LogP contribution in [0.2, 0.25) is 0 Å². The van der Waals surface area contributed by atoms with Crippen molar-refractivity contribution in [2.24, 2.45) is 11.8 Å². The molecule has 3 heteroatoms. The molecule has 3 nitrogen and oxygen atoms in total. The second-order valence-corrected chi connectivity index (χ2v) is 6.38. The molecule has 108 valence electrons. The quantitative estimate of drug-likeness (QED) is 0.887. The Balaban J connectivity index is 1.54. The van der Waals surface area contributed by atoms with E-state index in [0.29, 0.717) is 5.92 Å². The van der Waals surface area contributed by atoms with Gasteiger partial charge in [-0.15, -0.1) is 0 Å². The molecule has 1 aromatic rings. The lowest BCUT2D eigenvalue weighted by Gasteiger charge is -2.26. The lowest BCUT2D eigenvalue weighted by molar-refractivity contribution is 0.0942. The Morgan fingerprint density at radius 1 is 1.30 bits per heavy atom. The monoisotopic (exact) mass is 272 g/mol. The number of carbonyl (C=O) groups excluding carboxylic acids is 1. The first kappa shape index (κ1) is 13.5. The third-order valence-corrected chi connectivity index (χ3v) is 4.77. The molecule has 0 bridgehead atoms. The summed E-state index contributed by atoms with van der Waals surface area (Å²) in [5.41, 5.74) is 3.23. The molecule has 1 heterocycles. The fourth-order valence-electron chi connectivity index (χ4n) is 3.30. The van der Waals surface area contributed by atoms with Crippen LogP contribution in [0, 0.1) is 11.8 Å². The summed E-state index contributed by atoms with van der Waals surface area (Å²) in [7, 11) is 0. The highest BCUT2D eigenvalue weighted by Gasteiger charge is 2.19. The van der Waals surface area contributed by atoms with E-state index in [0.717, 1.165) is 36.7 Å². The summed E-state index contributed by atoms with van der Waals surface area (Å²) in [5, 5.41) is 6.43. The third-order valence-electron chi connectivity index (χ3n) is 4.77. The van der Waals surface area contributed by atoms with E-state index in [1.807, 2.05) is 12.1 Å². The van der Waals surface area contributed by atoms with E-state index in [-0.39, 0.29) is 5.91 Å². The van der Waals surface area contributed by atoms with Crippen molar-refractivity contribution in [2.75, 3.05) is 18.4 Å². The number of benzene rings is 1. The van der Waals surface area contributed by atoms with E-state index in [9.17, 15) is 4.79 Å². The smallest absolute Gasteiger partial charge is 0.251 e. The van der Waals surface area contributed by atoms with Gasteiger partial charge in [0.1, 0.15) is 0 Å². The Morgan fingerprint density at radius 3 is 2.90 bits per heavy atom. The molecule has 3 rings (SSSR count). The van der Waals surface area contributed by atoms with Crippen LogP contribution in [0.4, 0.5) is 5.69 Å². The average Bonchev–Trinajstić information content (AvgIpc) is 2.93. The van der Waals surface area contributed by atoms with Gasteiger partial charge >= 0.3 is 0 Å². The lowest BCUT2D eigenvalue weighted by atomic mass is 9.83. The molecule has 0 atom stereocenters. The van der Waals surface area contributed by atoms with Crippen molar-refractivity contribution in [3.8, 4) is 0 Å². The Hall–Kier alpha value is -1.51. The molecule has 2 N–H and O–H groups in total. The van der Waals surface area contributed by atoms with Gasteiger partial charge in [-0.3, -0.25) is 4.79 Å². The van der Waals surface area contributed by atoms with Gasteiger partial charge in [0.2, 0.25) is 0 Å². The Bertz CT molecular complexity index is 490. The normalized spacial score (nSPS) is 24.9. The molecule has 0 saturated heterocycles. The maximum Gasteiger partial charge on any atom is 0.251 e. The van der Waals surface area contributed by atoms with Crippen molar-refractivity contribution >= 4 is 11.6 Å². The van der Waals surface area contributed by atoms with Crippen molar-refractivity contribution < 1.29 is 4.79 Å². The molecule has 0 radical (unpaired) electrons. The fraction of sp³-hybridized carbons (Fsp3) is 0.588. The zero-order valence-corrected chi connectivity index (χ0v) is 12.2. The molecular weight excluding hydrogens is 248 g/mol. The summed E-state index contributed by atoms with van der Waals surface area (Å²) in [4.78, 5) is 12.2. The minimum absolute atomic E-state index is 0.0696. The molecule has 1 amide bonds. The Kier molecular flexibility index (Phi) is 3.95. The van der Waals surface area contributed by atoms with E-state index in [1.165, 1.54) is 31.2 Å². The van der Waals surface area contributed by atoms with Crippen LogP contribution in [-0.2, 0) is 6.42 Å². The summed E-state index contributed by atoms with van der Waals surface area (Å²) < 4.78 is 0. The maximum absolute atomic E-state index is 12.2. The Labute approximate surface area is 121 Å². The van der Waals surface area contributed by atoms with Crippen LogP contribution in [0.15, 0.2) is 18.2 Å². The van der Waals surface area contributed by atoms with Crippen LogP contribution in [0.1, 0.15) is 48.5 Å². The number of rotatable bonds is 3. The molecule has 0 aromatic heterocycles. The van der Waals surface area contributed by atoms with Crippen LogP contribution < -0.4 is 10.6 Å². The van der Waals surface area contributed by atoms with Crippen LogP contribution >= 0.6 is 0 Å². The molecule has 1 fully saturated rings. The van der Waals surface area contributed by atoms with E-state index in [2.05, 4.69) is 23.6 Å². The van der Waals surface area contributed by atoms with Gasteiger partial charge in [0.15, 0.2) is 0 Å². The first-order valence-electron chi connectivity index (χ1n) is 7.87. The largest absolute Gasteiger partial charge is 0.384 e. The highest BCUT2D eigenvalue weighted by molar-refractivity contribution is 5.95. The van der Waals surface area contributed by atoms with Crippen molar-refractivity contribution in [2.45, 2.75) is 39.0 Å². The van der Waals surface area contributed by atoms with E-state index < -0.39 is 0 Å². The number of hydrogen-bond acceptors (Lipinski definition) is 2. The minimum Gasteiger partial charge on any atom is -0.384 e. The van der Waals surface area contributed by atoms with Gasteiger partial charge < -0.3 is 10.6 Å².